The average Bonchev–Trinajstić information content (AvgIpc) is 2.78. The Balaban J connectivity index is 0.00000432. The van der Waals surface area contributed by atoms with E-state index in [1.54, 1.807) is 19.3 Å². The number of ether oxygens (including phenoxy) is 2. The third kappa shape index (κ3) is 7.72. The largest absolute Gasteiger partial charge is 0.486 e. The molecule has 35 heavy (non-hydrogen) atoms. The van der Waals surface area contributed by atoms with Gasteiger partial charge in [0.2, 0.25) is 0 Å². The molecule has 0 bridgehead atoms. The number of rotatable bonds is 8. The number of carbonyl (C=O) groups excluding carboxylic acids is 1. The third-order valence-corrected chi connectivity index (χ3v) is 6.62. The molecule has 188 valence electrons. The molecule has 2 heterocycles. The molecule has 3 rings (SSSR count). The maximum absolute atomic E-state index is 12.3. The van der Waals surface area contributed by atoms with Crippen LogP contribution in [0.4, 0.5) is 0 Å². The van der Waals surface area contributed by atoms with Crippen molar-refractivity contribution in [2.75, 3.05) is 6.61 Å². The molecule has 0 fully saturated rings. The van der Waals surface area contributed by atoms with Gasteiger partial charge in [0.05, 0.1) is 6.61 Å². The molecule has 6 nitrogen and oxygen atoms in total. The summed E-state index contributed by atoms with van der Waals surface area (Å²) >= 11 is 8.55. The zero-order valence-corrected chi connectivity index (χ0v) is 24.1. The molecule has 0 saturated heterocycles. The Kier molecular flexibility index (Phi) is 10.7. The van der Waals surface area contributed by atoms with Crippen LogP contribution in [0.2, 0.25) is 5.15 Å². The summed E-state index contributed by atoms with van der Waals surface area (Å²) in [4.78, 5) is 29.1. The number of halogens is 2. The predicted molar refractivity (Wildman–Crippen MR) is 152 cm³/mol. The van der Waals surface area contributed by atoms with Crippen LogP contribution in [0.1, 0.15) is 55.2 Å². The lowest BCUT2D eigenvalue weighted by molar-refractivity contribution is 0.0523. The minimum absolute atomic E-state index is 0. The van der Waals surface area contributed by atoms with E-state index in [-0.39, 0.29) is 42.6 Å². The van der Waals surface area contributed by atoms with Gasteiger partial charge in [0.25, 0.3) is 0 Å². The van der Waals surface area contributed by atoms with E-state index in [2.05, 4.69) is 48.3 Å². The van der Waals surface area contributed by atoms with Gasteiger partial charge >= 0.3 is 5.97 Å². The van der Waals surface area contributed by atoms with Crippen molar-refractivity contribution >= 4 is 53.7 Å². The van der Waals surface area contributed by atoms with E-state index >= 15 is 0 Å². The standard InChI is InChI=1S/C26H28ClIN2O4.H2S/c1-5-33-25(32)19-15-30(12-11-20(19)31)22(26(2,3)4)14-18-13-21(23(27)29-24(18)28)34-16-17-9-7-6-8-10-17;/h6-13,15,22H,5,14,16H2,1-4H3;1H2/t22-;/m0./s1. The molecule has 0 aliphatic heterocycles. The Bertz CT molecular complexity index is 1210. The van der Waals surface area contributed by atoms with E-state index in [9.17, 15) is 9.59 Å². The molecule has 0 amide bonds. The second-order valence-electron chi connectivity index (χ2n) is 8.98. The van der Waals surface area contributed by atoms with Crippen LogP contribution in [0.25, 0.3) is 0 Å². The topological polar surface area (TPSA) is 70.4 Å². The van der Waals surface area contributed by atoms with E-state index < -0.39 is 5.97 Å². The molecular weight excluding hydrogens is 599 g/mol. The molecule has 0 spiro atoms. The fourth-order valence-electron chi connectivity index (χ4n) is 3.59. The van der Waals surface area contributed by atoms with Crippen molar-refractivity contribution in [2.45, 2.75) is 46.8 Å². The van der Waals surface area contributed by atoms with Gasteiger partial charge in [-0.2, -0.15) is 13.5 Å². The number of nitrogens with zero attached hydrogens (tertiary/aromatic N) is 2. The fraction of sp³-hybridized carbons (Fsp3) is 0.346. The summed E-state index contributed by atoms with van der Waals surface area (Å²) in [5.41, 5.74) is 1.46. The monoisotopic (exact) mass is 628 g/mol. The lowest BCUT2D eigenvalue weighted by Crippen LogP contribution is -2.29. The number of carbonyl (C=O) groups is 1. The average molecular weight is 629 g/mol. The fourth-order valence-corrected chi connectivity index (χ4v) is 4.55. The smallest absolute Gasteiger partial charge is 0.343 e. The number of esters is 1. The summed E-state index contributed by atoms with van der Waals surface area (Å²) in [6, 6.07) is 13.1. The number of pyridine rings is 2. The first-order valence-electron chi connectivity index (χ1n) is 11.0. The van der Waals surface area contributed by atoms with Crippen LogP contribution in [0.3, 0.4) is 0 Å². The molecule has 1 atom stereocenters. The number of hydrogen-bond donors (Lipinski definition) is 0. The molecule has 0 unspecified atom stereocenters. The van der Waals surface area contributed by atoms with Gasteiger partial charge in [0.15, 0.2) is 16.3 Å². The van der Waals surface area contributed by atoms with Crippen LogP contribution in [0.5, 0.6) is 5.75 Å². The van der Waals surface area contributed by atoms with Crippen LogP contribution < -0.4 is 10.2 Å². The summed E-state index contributed by atoms with van der Waals surface area (Å²) in [7, 11) is 0. The molecule has 0 aliphatic rings. The zero-order chi connectivity index (χ0) is 24.9. The molecule has 0 N–H and O–H groups in total. The molecule has 2 aromatic heterocycles. The molecule has 9 heteroatoms. The van der Waals surface area contributed by atoms with Gasteiger partial charge in [-0.1, -0.05) is 62.7 Å². The van der Waals surface area contributed by atoms with E-state index in [1.165, 1.54) is 6.07 Å². The minimum Gasteiger partial charge on any atom is -0.486 e. The van der Waals surface area contributed by atoms with Crippen molar-refractivity contribution in [3.05, 3.63) is 90.6 Å². The highest BCUT2D eigenvalue weighted by Gasteiger charge is 2.28. The highest BCUT2D eigenvalue weighted by molar-refractivity contribution is 14.1. The van der Waals surface area contributed by atoms with Crippen molar-refractivity contribution in [3.63, 3.8) is 0 Å². The van der Waals surface area contributed by atoms with Gasteiger partial charge in [0.1, 0.15) is 15.9 Å². The van der Waals surface area contributed by atoms with Crippen molar-refractivity contribution in [3.8, 4) is 5.75 Å². The molecule has 0 aliphatic carbocycles. The van der Waals surface area contributed by atoms with Gasteiger partial charge in [-0.15, -0.1) is 0 Å². The number of hydrogen-bond acceptors (Lipinski definition) is 5. The van der Waals surface area contributed by atoms with Crippen LogP contribution in [-0.4, -0.2) is 22.1 Å². The summed E-state index contributed by atoms with van der Waals surface area (Å²) < 4.78 is 13.7. The Morgan fingerprint density at radius 2 is 1.89 bits per heavy atom. The van der Waals surface area contributed by atoms with Gasteiger partial charge in [-0.25, -0.2) is 9.78 Å². The summed E-state index contributed by atoms with van der Waals surface area (Å²) in [5.74, 6) is -0.102. The van der Waals surface area contributed by atoms with Crippen LogP contribution in [-0.2, 0) is 17.8 Å². The maximum atomic E-state index is 12.3. The first kappa shape index (κ1) is 29.2. The Hall–Kier alpha value is -2.04. The second-order valence-corrected chi connectivity index (χ2v) is 10.4. The third-order valence-electron chi connectivity index (χ3n) is 5.42. The van der Waals surface area contributed by atoms with Crippen molar-refractivity contribution in [1.82, 2.24) is 9.55 Å². The summed E-state index contributed by atoms with van der Waals surface area (Å²) in [6.07, 6.45) is 3.89. The maximum Gasteiger partial charge on any atom is 0.343 e. The summed E-state index contributed by atoms with van der Waals surface area (Å²) in [5, 5.41) is 0.310. The van der Waals surface area contributed by atoms with Crippen molar-refractivity contribution in [2.24, 2.45) is 5.41 Å². The van der Waals surface area contributed by atoms with Gasteiger partial charge < -0.3 is 14.0 Å². The van der Waals surface area contributed by atoms with E-state index in [4.69, 9.17) is 21.1 Å². The first-order valence-corrected chi connectivity index (χ1v) is 12.5. The van der Waals surface area contributed by atoms with Gasteiger partial charge in [-0.3, -0.25) is 4.79 Å². The second kappa shape index (κ2) is 12.8. The van der Waals surface area contributed by atoms with Crippen LogP contribution >= 0.6 is 47.7 Å². The van der Waals surface area contributed by atoms with E-state index in [0.29, 0.717) is 23.9 Å². The lowest BCUT2D eigenvalue weighted by Gasteiger charge is -2.33. The molecular formula is C26H30ClIN2O4S. The highest BCUT2D eigenvalue weighted by atomic mass is 127. The molecule has 0 radical (unpaired) electrons. The van der Waals surface area contributed by atoms with E-state index in [0.717, 1.165) is 14.8 Å². The van der Waals surface area contributed by atoms with Crippen molar-refractivity contribution in [1.29, 1.82) is 0 Å². The van der Waals surface area contributed by atoms with Crippen molar-refractivity contribution < 1.29 is 14.3 Å². The number of benzene rings is 1. The SMILES string of the molecule is CCOC(=O)c1cn([C@@H](Cc2cc(OCc3ccccc3)c(Cl)nc2I)C(C)(C)C)ccc1=O.S. The Labute approximate surface area is 231 Å². The van der Waals surface area contributed by atoms with E-state index in [1.807, 2.05) is 41.0 Å². The number of aromatic nitrogens is 2. The molecule has 0 saturated carbocycles. The first-order chi connectivity index (χ1) is 16.1. The minimum atomic E-state index is -0.617. The normalized spacial score (nSPS) is 11.9. The summed E-state index contributed by atoms with van der Waals surface area (Å²) in [6.45, 7) is 8.64. The molecule has 1 aromatic carbocycles. The Morgan fingerprint density at radius 3 is 2.51 bits per heavy atom. The predicted octanol–water partition coefficient (Wildman–Crippen LogP) is 6.20. The van der Waals surface area contributed by atoms with Gasteiger partial charge in [0, 0.05) is 24.5 Å². The zero-order valence-electron chi connectivity index (χ0n) is 20.2. The highest BCUT2D eigenvalue weighted by Crippen LogP contribution is 2.36. The quantitative estimate of drug-likeness (QED) is 0.169. The molecule has 3 aromatic rings. The van der Waals surface area contributed by atoms with Crippen LogP contribution in [0, 0.1) is 9.12 Å². The Morgan fingerprint density at radius 1 is 1.20 bits per heavy atom. The van der Waals surface area contributed by atoms with Gasteiger partial charge in [-0.05, 0) is 58.5 Å². The van der Waals surface area contributed by atoms with Crippen LogP contribution in [0.15, 0.2) is 59.7 Å². The lowest BCUT2D eigenvalue weighted by atomic mass is 9.83.